The Hall–Kier alpha value is -2.04. The molecule has 1 aromatic rings. The van der Waals surface area contributed by atoms with Crippen LogP contribution >= 0.6 is 0 Å². The largest absolute Gasteiger partial charge is 0.463 e. The lowest BCUT2D eigenvalue weighted by Crippen LogP contribution is -2.02. The second-order valence-electron chi connectivity index (χ2n) is 3.01. The van der Waals surface area contributed by atoms with Gasteiger partial charge in [-0.2, -0.15) is 0 Å². The third kappa shape index (κ3) is 4.14. The van der Waals surface area contributed by atoms with Crippen molar-refractivity contribution in [1.29, 1.82) is 0 Å². The first kappa shape index (κ1) is 13.0. The molecule has 0 aliphatic heterocycles. The molecule has 0 aliphatic carbocycles. The molecule has 5 nitrogen and oxygen atoms in total. The highest BCUT2D eigenvalue weighted by Gasteiger charge is 2.10. The lowest BCUT2D eigenvalue weighted by atomic mass is 10.4. The fourth-order valence-electron chi connectivity index (χ4n) is 1.09. The average Bonchev–Trinajstić information content (AvgIpc) is 2.76. The van der Waals surface area contributed by atoms with Gasteiger partial charge in [-0.3, -0.25) is 0 Å². The molecule has 0 fully saturated rings. The standard InChI is InChI=1S/C12H14O5/c1-3-15-11(13)8-6-9-5-7-10(17-9)12(14)16-4-2/h5-8H,3-4H2,1-2H3/b8-6+. The van der Waals surface area contributed by atoms with Gasteiger partial charge < -0.3 is 13.9 Å². The first-order valence-electron chi connectivity index (χ1n) is 5.29. The fraction of sp³-hybridized carbons (Fsp3) is 0.333. The van der Waals surface area contributed by atoms with Gasteiger partial charge in [0.25, 0.3) is 0 Å². The molecule has 1 rings (SSSR count). The fourth-order valence-corrected chi connectivity index (χ4v) is 1.09. The van der Waals surface area contributed by atoms with Gasteiger partial charge in [0.05, 0.1) is 13.2 Å². The van der Waals surface area contributed by atoms with Crippen LogP contribution in [0, 0.1) is 0 Å². The average molecular weight is 238 g/mol. The highest BCUT2D eigenvalue weighted by atomic mass is 16.5. The molecule has 0 amide bonds. The molecule has 0 aliphatic rings. The summed E-state index contributed by atoms with van der Waals surface area (Å²) in [6.07, 6.45) is 2.66. The molecule has 0 bridgehead atoms. The number of carbonyl (C=O) groups is 2. The molecular weight excluding hydrogens is 224 g/mol. The number of esters is 2. The molecule has 1 heterocycles. The predicted molar refractivity (Wildman–Crippen MR) is 60.3 cm³/mol. The van der Waals surface area contributed by atoms with Crippen LogP contribution in [0.4, 0.5) is 0 Å². The molecule has 0 saturated heterocycles. The zero-order valence-corrected chi connectivity index (χ0v) is 9.76. The summed E-state index contributed by atoms with van der Waals surface area (Å²) in [5.74, 6) is -0.485. The molecule has 0 aromatic carbocycles. The van der Waals surface area contributed by atoms with Crippen molar-refractivity contribution in [2.75, 3.05) is 13.2 Å². The third-order valence-corrected chi connectivity index (χ3v) is 1.77. The van der Waals surface area contributed by atoms with Crippen LogP contribution in [0.5, 0.6) is 0 Å². The van der Waals surface area contributed by atoms with Gasteiger partial charge in [-0.1, -0.05) is 0 Å². The Labute approximate surface area is 99.0 Å². The molecular formula is C12H14O5. The first-order chi connectivity index (χ1) is 8.17. The number of hydrogen-bond donors (Lipinski definition) is 0. The highest BCUT2D eigenvalue weighted by molar-refractivity contribution is 5.88. The Bertz CT molecular complexity index is 416. The van der Waals surface area contributed by atoms with Gasteiger partial charge in [-0.05, 0) is 32.1 Å². The molecule has 0 unspecified atom stereocenters. The van der Waals surface area contributed by atoms with E-state index in [4.69, 9.17) is 13.9 Å². The van der Waals surface area contributed by atoms with Crippen LogP contribution in [0.25, 0.3) is 6.08 Å². The molecule has 92 valence electrons. The minimum atomic E-state index is -0.525. The Morgan fingerprint density at radius 3 is 2.59 bits per heavy atom. The lowest BCUT2D eigenvalue weighted by Gasteiger charge is -1.96. The van der Waals surface area contributed by atoms with Gasteiger partial charge in [0.15, 0.2) is 0 Å². The van der Waals surface area contributed by atoms with E-state index >= 15 is 0 Å². The Morgan fingerprint density at radius 1 is 1.24 bits per heavy atom. The van der Waals surface area contributed by atoms with E-state index in [-0.39, 0.29) is 12.4 Å². The summed E-state index contributed by atoms with van der Waals surface area (Å²) >= 11 is 0. The molecule has 1 aromatic heterocycles. The molecule has 0 saturated carbocycles. The first-order valence-corrected chi connectivity index (χ1v) is 5.29. The Balaban J connectivity index is 2.62. The van der Waals surface area contributed by atoms with E-state index in [1.54, 1.807) is 19.9 Å². The van der Waals surface area contributed by atoms with E-state index in [2.05, 4.69) is 0 Å². The van der Waals surface area contributed by atoms with Crippen molar-refractivity contribution in [3.8, 4) is 0 Å². The summed E-state index contributed by atoms with van der Waals surface area (Å²) < 4.78 is 14.6. The molecule has 0 spiro atoms. The minimum absolute atomic E-state index is 0.107. The smallest absolute Gasteiger partial charge is 0.374 e. The summed E-state index contributed by atoms with van der Waals surface area (Å²) in [6.45, 7) is 4.03. The molecule has 0 radical (unpaired) electrons. The van der Waals surface area contributed by atoms with Crippen molar-refractivity contribution < 1.29 is 23.5 Å². The van der Waals surface area contributed by atoms with E-state index in [0.29, 0.717) is 12.4 Å². The maximum atomic E-state index is 11.3. The van der Waals surface area contributed by atoms with E-state index < -0.39 is 11.9 Å². The lowest BCUT2D eigenvalue weighted by molar-refractivity contribution is -0.137. The normalized spacial score (nSPS) is 10.5. The van der Waals surface area contributed by atoms with Gasteiger partial charge in [0.2, 0.25) is 5.76 Å². The van der Waals surface area contributed by atoms with Gasteiger partial charge in [0.1, 0.15) is 5.76 Å². The van der Waals surface area contributed by atoms with Crippen LogP contribution in [0.1, 0.15) is 30.2 Å². The van der Waals surface area contributed by atoms with Gasteiger partial charge in [-0.15, -0.1) is 0 Å². The molecule has 5 heteroatoms. The second kappa shape index (κ2) is 6.52. The molecule has 0 atom stereocenters. The predicted octanol–water partition coefficient (Wildman–Crippen LogP) is 2.03. The number of carbonyl (C=O) groups excluding carboxylic acids is 2. The van der Waals surface area contributed by atoms with Gasteiger partial charge in [-0.25, -0.2) is 9.59 Å². The zero-order valence-electron chi connectivity index (χ0n) is 9.76. The van der Waals surface area contributed by atoms with Crippen LogP contribution < -0.4 is 0 Å². The number of ether oxygens (including phenoxy) is 2. The van der Waals surface area contributed by atoms with Crippen LogP contribution in [-0.2, 0) is 14.3 Å². The van der Waals surface area contributed by atoms with Gasteiger partial charge >= 0.3 is 11.9 Å². The summed E-state index contributed by atoms with van der Waals surface area (Å²) in [5, 5.41) is 0. The maximum Gasteiger partial charge on any atom is 0.374 e. The van der Waals surface area contributed by atoms with Crippen LogP contribution in [0.2, 0.25) is 0 Å². The number of rotatable bonds is 5. The van der Waals surface area contributed by atoms with E-state index in [1.165, 1.54) is 18.2 Å². The highest BCUT2D eigenvalue weighted by Crippen LogP contribution is 2.10. The summed E-state index contributed by atoms with van der Waals surface area (Å²) in [7, 11) is 0. The van der Waals surface area contributed by atoms with Crippen molar-refractivity contribution in [3.05, 3.63) is 29.7 Å². The Morgan fingerprint density at radius 2 is 1.94 bits per heavy atom. The summed E-state index contributed by atoms with van der Waals surface area (Å²) in [6, 6.07) is 3.06. The third-order valence-electron chi connectivity index (χ3n) is 1.77. The molecule has 17 heavy (non-hydrogen) atoms. The van der Waals surface area contributed by atoms with Crippen molar-refractivity contribution in [1.82, 2.24) is 0 Å². The quantitative estimate of drug-likeness (QED) is 0.580. The van der Waals surface area contributed by atoms with E-state index in [9.17, 15) is 9.59 Å². The monoisotopic (exact) mass is 238 g/mol. The van der Waals surface area contributed by atoms with E-state index in [1.807, 2.05) is 0 Å². The van der Waals surface area contributed by atoms with Crippen LogP contribution in [0.15, 0.2) is 22.6 Å². The second-order valence-corrected chi connectivity index (χ2v) is 3.01. The van der Waals surface area contributed by atoms with Crippen molar-refractivity contribution in [2.24, 2.45) is 0 Å². The van der Waals surface area contributed by atoms with E-state index in [0.717, 1.165) is 0 Å². The van der Waals surface area contributed by atoms with Crippen molar-refractivity contribution in [2.45, 2.75) is 13.8 Å². The van der Waals surface area contributed by atoms with Crippen LogP contribution in [0.3, 0.4) is 0 Å². The van der Waals surface area contributed by atoms with Gasteiger partial charge in [0, 0.05) is 6.08 Å². The van der Waals surface area contributed by atoms with Crippen molar-refractivity contribution in [3.63, 3.8) is 0 Å². The Kier molecular flexibility index (Phi) is 5.00. The number of furan rings is 1. The molecule has 0 N–H and O–H groups in total. The minimum Gasteiger partial charge on any atom is -0.463 e. The number of hydrogen-bond acceptors (Lipinski definition) is 5. The SMILES string of the molecule is CCOC(=O)/C=C/c1ccc(C(=O)OCC)o1. The maximum absolute atomic E-state index is 11.3. The summed E-state index contributed by atoms with van der Waals surface area (Å²) in [5.41, 5.74) is 0. The van der Waals surface area contributed by atoms with Crippen molar-refractivity contribution >= 4 is 18.0 Å². The zero-order chi connectivity index (χ0) is 12.7. The topological polar surface area (TPSA) is 65.7 Å². The van der Waals surface area contributed by atoms with Crippen LogP contribution in [-0.4, -0.2) is 25.2 Å². The summed E-state index contributed by atoms with van der Waals surface area (Å²) in [4.78, 5) is 22.3.